The van der Waals surface area contributed by atoms with E-state index in [9.17, 15) is 15.2 Å². The molecule has 2 rings (SSSR count). The second-order valence-corrected chi connectivity index (χ2v) is 4.73. The van der Waals surface area contributed by atoms with Crippen molar-refractivity contribution in [2.24, 2.45) is 0 Å². The van der Waals surface area contributed by atoms with Gasteiger partial charge in [0, 0.05) is 12.1 Å². The highest BCUT2D eigenvalue weighted by Gasteiger charge is 2.13. The third-order valence-corrected chi connectivity index (χ3v) is 2.93. The van der Waals surface area contributed by atoms with Crippen LogP contribution in [0.3, 0.4) is 0 Å². The van der Waals surface area contributed by atoms with E-state index in [0.717, 1.165) is 0 Å². The predicted octanol–water partition coefficient (Wildman–Crippen LogP) is 4.22. The van der Waals surface area contributed by atoms with Crippen molar-refractivity contribution >= 4 is 5.69 Å². The zero-order valence-corrected chi connectivity index (χ0v) is 11.2. The lowest BCUT2D eigenvalue weighted by Crippen LogP contribution is -1.90. The van der Waals surface area contributed by atoms with Crippen molar-refractivity contribution in [1.82, 2.24) is 0 Å². The number of nitrogens with zero attached hydrogens (tertiary/aromatic N) is 1. The normalized spacial score (nSPS) is 10.6. The minimum atomic E-state index is -0.642. The van der Waals surface area contributed by atoms with Crippen molar-refractivity contribution in [3.63, 3.8) is 0 Å². The number of nitro benzene ring substituents is 1. The maximum atomic E-state index is 10.6. The number of nitro groups is 1. The van der Waals surface area contributed by atoms with E-state index in [1.54, 1.807) is 0 Å². The topological polar surface area (TPSA) is 72.6 Å². The van der Waals surface area contributed by atoms with E-state index in [1.807, 2.05) is 24.3 Å². The molecule has 104 valence electrons. The molecule has 20 heavy (non-hydrogen) atoms. The molecule has 5 heteroatoms. The average molecular weight is 273 g/mol. The van der Waals surface area contributed by atoms with Gasteiger partial charge in [0.15, 0.2) is 5.75 Å². The van der Waals surface area contributed by atoms with Gasteiger partial charge < -0.3 is 9.84 Å². The molecule has 0 saturated heterocycles. The Morgan fingerprint density at radius 2 is 1.70 bits per heavy atom. The van der Waals surface area contributed by atoms with Gasteiger partial charge in [0.1, 0.15) is 11.5 Å². The zero-order chi connectivity index (χ0) is 14.7. The summed E-state index contributed by atoms with van der Waals surface area (Å²) >= 11 is 0. The van der Waals surface area contributed by atoms with Gasteiger partial charge in [0.25, 0.3) is 0 Å². The minimum Gasteiger partial charge on any atom is -0.502 e. The molecule has 0 aliphatic heterocycles. The van der Waals surface area contributed by atoms with Crippen LogP contribution in [0.25, 0.3) is 0 Å². The Hall–Kier alpha value is -2.56. The van der Waals surface area contributed by atoms with Gasteiger partial charge >= 0.3 is 5.69 Å². The molecular weight excluding hydrogens is 258 g/mol. The van der Waals surface area contributed by atoms with Crippen LogP contribution in [0.15, 0.2) is 42.5 Å². The number of phenols is 1. The molecule has 0 heterocycles. The lowest BCUT2D eigenvalue weighted by atomic mass is 10.0. The van der Waals surface area contributed by atoms with E-state index in [4.69, 9.17) is 4.74 Å². The van der Waals surface area contributed by atoms with Crippen LogP contribution in [-0.2, 0) is 0 Å². The molecule has 2 aromatic rings. The maximum Gasteiger partial charge on any atom is 0.310 e. The first-order valence-electron chi connectivity index (χ1n) is 6.22. The fourth-order valence-corrected chi connectivity index (χ4v) is 1.78. The molecule has 1 N–H and O–H groups in total. The van der Waals surface area contributed by atoms with Gasteiger partial charge in [-0.05, 0) is 29.7 Å². The van der Waals surface area contributed by atoms with Crippen LogP contribution in [0.5, 0.6) is 17.2 Å². The molecule has 0 amide bonds. The number of ether oxygens (including phenoxy) is 1. The van der Waals surface area contributed by atoms with Crippen LogP contribution in [-0.4, -0.2) is 10.0 Å². The first kappa shape index (κ1) is 13.9. The lowest BCUT2D eigenvalue weighted by molar-refractivity contribution is -0.385. The van der Waals surface area contributed by atoms with Gasteiger partial charge in [0.05, 0.1) is 4.92 Å². The quantitative estimate of drug-likeness (QED) is 0.668. The molecule has 0 atom stereocenters. The zero-order valence-electron chi connectivity index (χ0n) is 11.2. The summed E-state index contributed by atoms with van der Waals surface area (Å²) in [6, 6.07) is 11.5. The highest BCUT2D eigenvalue weighted by atomic mass is 16.6. The molecule has 0 aromatic heterocycles. The minimum absolute atomic E-state index is 0.340. The molecule has 0 aliphatic rings. The van der Waals surface area contributed by atoms with E-state index in [1.165, 1.54) is 23.8 Å². The highest BCUT2D eigenvalue weighted by Crippen LogP contribution is 2.32. The van der Waals surface area contributed by atoms with Crippen LogP contribution in [0.4, 0.5) is 5.69 Å². The molecule has 0 unspecified atom stereocenters. The van der Waals surface area contributed by atoms with E-state index in [2.05, 4.69) is 13.8 Å². The summed E-state index contributed by atoms with van der Waals surface area (Å²) in [5.41, 5.74) is 0.858. The van der Waals surface area contributed by atoms with Crippen LogP contribution >= 0.6 is 0 Å². The monoisotopic (exact) mass is 273 g/mol. The molecule has 0 aliphatic carbocycles. The van der Waals surface area contributed by atoms with Crippen molar-refractivity contribution in [3.05, 3.63) is 58.1 Å². The summed E-state index contributed by atoms with van der Waals surface area (Å²) in [5, 5.41) is 20.1. The van der Waals surface area contributed by atoms with Crippen LogP contribution in [0.1, 0.15) is 25.3 Å². The molecule has 5 nitrogen and oxygen atoms in total. The highest BCUT2D eigenvalue weighted by molar-refractivity contribution is 5.50. The predicted molar refractivity (Wildman–Crippen MR) is 75.4 cm³/mol. The largest absolute Gasteiger partial charge is 0.502 e. The summed E-state index contributed by atoms with van der Waals surface area (Å²) in [6.07, 6.45) is 0. The van der Waals surface area contributed by atoms with Crippen LogP contribution < -0.4 is 4.74 Å². The van der Waals surface area contributed by atoms with Gasteiger partial charge in [-0.25, -0.2) is 0 Å². The van der Waals surface area contributed by atoms with Gasteiger partial charge in [-0.1, -0.05) is 26.0 Å². The lowest BCUT2D eigenvalue weighted by Gasteiger charge is -2.09. The molecule has 0 saturated carbocycles. The van der Waals surface area contributed by atoms with Crippen molar-refractivity contribution in [2.45, 2.75) is 19.8 Å². The number of hydrogen-bond acceptors (Lipinski definition) is 4. The fourth-order valence-electron chi connectivity index (χ4n) is 1.78. The first-order valence-corrected chi connectivity index (χ1v) is 6.22. The molecule has 0 fully saturated rings. The summed E-state index contributed by atoms with van der Waals surface area (Å²) in [4.78, 5) is 9.96. The maximum absolute atomic E-state index is 10.6. The van der Waals surface area contributed by atoms with E-state index in [0.29, 0.717) is 17.4 Å². The second kappa shape index (κ2) is 5.61. The molecule has 0 radical (unpaired) electrons. The fraction of sp³-hybridized carbons (Fsp3) is 0.200. The van der Waals surface area contributed by atoms with Gasteiger partial charge in [-0.2, -0.15) is 0 Å². The van der Waals surface area contributed by atoms with E-state index < -0.39 is 10.7 Å². The van der Waals surface area contributed by atoms with E-state index in [-0.39, 0.29) is 5.69 Å². The number of aromatic hydroxyl groups is 1. The van der Waals surface area contributed by atoms with Crippen LogP contribution in [0, 0.1) is 10.1 Å². The smallest absolute Gasteiger partial charge is 0.310 e. The molecule has 0 bridgehead atoms. The Morgan fingerprint density at radius 3 is 2.20 bits per heavy atom. The molecule has 0 spiro atoms. The van der Waals surface area contributed by atoms with Gasteiger partial charge in [-0.15, -0.1) is 0 Å². The van der Waals surface area contributed by atoms with Gasteiger partial charge in [-0.3, -0.25) is 10.1 Å². The number of benzene rings is 2. The Labute approximate surface area is 116 Å². The van der Waals surface area contributed by atoms with Crippen molar-refractivity contribution in [3.8, 4) is 17.2 Å². The number of hydrogen-bond donors (Lipinski definition) is 1. The standard InChI is InChI=1S/C15H15NO4/c1-10(2)11-3-5-12(6-4-11)20-13-7-8-14(16(18)19)15(17)9-13/h3-10,17H,1-2H3. The first-order chi connectivity index (χ1) is 9.47. The van der Waals surface area contributed by atoms with Crippen LogP contribution in [0.2, 0.25) is 0 Å². The molecular formula is C15H15NO4. The van der Waals surface area contributed by atoms with Crippen molar-refractivity contribution in [2.75, 3.05) is 0 Å². The third kappa shape index (κ3) is 3.06. The number of phenolic OH excluding ortho intramolecular Hbond substituents is 1. The Kier molecular flexibility index (Phi) is 3.89. The summed E-state index contributed by atoms with van der Waals surface area (Å²) < 4.78 is 5.55. The second-order valence-electron chi connectivity index (χ2n) is 4.73. The Morgan fingerprint density at radius 1 is 1.10 bits per heavy atom. The SMILES string of the molecule is CC(C)c1ccc(Oc2ccc([N+](=O)[O-])c(O)c2)cc1. The van der Waals surface area contributed by atoms with E-state index >= 15 is 0 Å². The summed E-state index contributed by atoms with van der Waals surface area (Å²) in [7, 11) is 0. The number of rotatable bonds is 4. The van der Waals surface area contributed by atoms with Crippen molar-refractivity contribution in [1.29, 1.82) is 0 Å². The van der Waals surface area contributed by atoms with Gasteiger partial charge in [0.2, 0.25) is 0 Å². The summed E-state index contributed by atoms with van der Waals surface area (Å²) in [5.74, 6) is 0.992. The summed E-state index contributed by atoms with van der Waals surface area (Å²) in [6.45, 7) is 4.20. The Bertz CT molecular complexity index is 620. The third-order valence-electron chi connectivity index (χ3n) is 2.93. The Balaban J connectivity index is 2.17. The molecule has 2 aromatic carbocycles. The van der Waals surface area contributed by atoms with Crippen molar-refractivity contribution < 1.29 is 14.8 Å². The average Bonchev–Trinajstić information content (AvgIpc) is 2.39.